The van der Waals surface area contributed by atoms with Gasteiger partial charge in [0.1, 0.15) is 5.82 Å². The van der Waals surface area contributed by atoms with E-state index < -0.39 is 33.2 Å². The fraction of sp³-hybridized carbons (Fsp3) is 0.263. The van der Waals surface area contributed by atoms with Crippen LogP contribution in [0.15, 0.2) is 46.2 Å². The molecule has 1 aliphatic heterocycles. The molecule has 154 valence electrons. The average molecular weight is 457 g/mol. The molecule has 0 saturated carbocycles. The van der Waals surface area contributed by atoms with Crippen LogP contribution in [0.25, 0.3) is 0 Å². The first-order valence-corrected chi connectivity index (χ1v) is 11.7. The van der Waals surface area contributed by atoms with E-state index in [0.717, 1.165) is 11.0 Å². The molecule has 1 heterocycles. The van der Waals surface area contributed by atoms with Crippen LogP contribution >= 0.6 is 23.4 Å². The van der Waals surface area contributed by atoms with Crippen molar-refractivity contribution in [1.29, 1.82) is 0 Å². The standard InChI is InChI=1S/C19H18ClFN2O4S2/c1-11(19(25)22-12-2-4-15(21)14(20)8-12)10-29(26,27)13-3-5-17-16(9-13)23-18(24)6-7-28-17/h2-5,8-9,11H,6-7,10H2,1H3,(H,22,25)(H,23,24)/t11-/m0/s1. The zero-order chi connectivity index (χ0) is 21.2. The Morgan fingerprint density at radius 3 is 2.79 bits per heavy atom. The lowest BCUT2D eigenvalue weighted by Gasteiger charge is -2.14. The fourth-order valence-electron chi connectivity index (χ4n) is 2.73. The van der Waals surface area contributed by atoms with E-state index in [9.17, 15) is 22.4 Å². The van der Waals surface area contributed by atoms with Crippen LogP contribution in [0.1, 0.15) is 13.3 Å². The summed E-state index contributed by atoms with van der Waals surface area (Å²) >= 11 is 7.16. The largest absolute Gasteiger partial charge is 0.326 e. The Balaban J connectivity index is 1.73. The Bertz CT molecular complexity index is 1080. The van der Waals surface area contributed by atoms with Crippen molar-refractivity contribution >= 4 is 56.4 Å². The summed E-state index contributed by atoms with van der Waals surface area (Å²) in [6.07, 6.45) is 0.353. The van der Waals surface area contributed by atoms with Crippen LogP contribution in [0.4, 0.5) is 15.8 Å². The molecule has 10 heteroatoms. The molecular weight excluding hydrogens is 439 g/mol. The van der Waals surface area contributed by atoms with Crippen molar-refractivity contribution in [2.75, 3.05) is 22.1 Å². The summed E-state index contributed by atoms with van der Waals surface area (Å²) in [6.45, 7) is 1.49. The fourth-order valence-corrected chi connectivity index (χ4v) is 5.43. The summed E-state index contributed by atoms with van der Waals surface area (Å²) in [5, 5.41) is 5.09. The molecule has 1 aliphatic rings. The number of thioether (sulfide) groups is 1. The van der Waals surface area contributed by atoms with Crippen LogP contribution in [0.3, 0.4) is 0 Å². The number of sulfone groups is 1. The second-order valence-corrected chi connectivity index (χ2v) is 10.2. The maximum Gasteiger partial charge on any atom is 0.228 e. The number of carbonyl (C=O) groups excluding carboxylic acids is 2. The van der Waals surface area contributed by atoms with Gasteiger partial charge in [0, 0.05) is 28.7 Å². The second-order valence-electron chi connectivity index (χ2n) is 6.61. The molecule has 2 N–H and O–H groups in total. The zero-order valence-electron chi connectivity index (χ0n) is 15.4. The number of amides is 2. The van der Waals surface area contributed by atoms with Gasteiger partial charge in [-0.1, -0.05) is 18.5 Å². The minimum absolute atomic E-state index is 0.0310. The quantitative estimate of drug-likeness (QED) is 0.710. The summed E-state index contributed by atoms with van der Waals surface area (Å²) < 4.78 is 38.8. The lowest BCUT2D eigenvalue weighted by atomic mass is 10.2. The highest BCUT2D eigenvalue weighted by Crippen LogP contribution is 2.33. The number of benzene rings is 2. The molecule has 0 spiro atoms. The van der Waals surface area contributed by atoms with E-state index in [0.29, 0.717) is 17.9 Å². The van der Waals surface area contributed by atoms with Crippen molar-refractivity contribution in [3.05, 3.63) is 47.2 Å². The molecule has 0 aromatic heterocycles. The second kappa shape index (κ2) is 8.73. The van der Waals surface area contributed by atoms with Gasteiger partial charge in [-0.15, -0.1) is 11.8 Å². The lowest BCUT2D eigenvalue weighted by Crippen LogP contribution is -2.27. The van der Waals surface area contributed by atoms with Crippen LogP contribution in [0.2, 0.25) is 5.02 Å². The molecule has 1 atom stereocenters. The number of anilines is 2. The Morgan fingerprint density at radius 2 is 2.07 bits per heavy atom. The van der Waals surface area contributed by atoms with Crippen molar-refractivity contribution in [3.63, 3.8) is 0 Å². The summed E-state index contributed by atoms with van der Waals surface area (Å²) in [7, 11) is -3.78. The third-order valence-corrected chi connectivity index (χ3v) is 7.55. The van der Waals surface area contributed by atoms with Gasteiger partial charge in [0.2, 0.25) is 11.8 Å². The number of carbonyl (C=O) groups is 2. The number of rotatable bonds is 5. The minimum atomic E-state index is -3.78. The molecule has 29 heavy (non-hydrogen) atoms. The van der Waals surface area contributed by atoms with E-state index in [1.165, 1.54) is 43.0 Å². The molecular formula is C19H18ClFN2O4S2. The first-order valence-electron chi connectivity index (χ1n) is 8.71. The molecule has 0 fully saturated rings. The lowest BCUT2D eigenvalue weighted by molar-refractivity contribution is -0.119. The molecule has 2 aromatic carbocycles. The van der Waals surface area contributed by atoms with Crippen molar-refractivity contribution in [2.24, 2.45) is 5.92 Å². The Labute approximate surface area is 177 Å². The maximum atomic E-state index is 13.2. The zero-order valence-corrected chi connectivity index (χ0v) is 17.8. The first-order chi connectivity index (χ1) is 13.7. The normalized spacial score (nSPS) is 15.1. The van der Waals surface area contributed by atoms with Crippen molar-refractivity contribution < 1.29 is 22.4 Å². The highest BCUT2D eigenvalue weighted by atomic mass is 35.5. The number of hydrogen-bond acceptors (Lipinski definition) is 5. The third kappa shape index (κ3) is 5.29. The van der Waals surface area contributed by atoms with Gasteiger partial charge in [0.15, 0.2) is 9.84 Å². The Kier molecular flexibility index (Phi) is 6.50. The molecule has 0 bridgehead atoms. The topological polar surface area (TPSA) is 92.3 Å². The Hall–Kier alpha value is -2.10. The highest BCUT2D eigenvalue weighted by molar-refractivity contribution is 7.99. The molecule has 0 saturated heterocycles. The van der Waals surface area contributed by atoms with Gasteiger partial charge in [0.25, 0.3) is 0 Å². The van der Waals surface area contributed by atoms with Crippen LogP contribution < -0.4 is 10.6 Å². The summed E-state index contributed by atoms with van der Waals surface area (Å²) in [6, 6.07) is 8.26. The van der Waals surface area contributed by atoms with Gasteiger partial charge in [-0.05, 0) is 36.4 Å². The number of fused-ring (bicyclic) bond motifs is 1. The molecule has 0 aliphatic carbocycles. The molecule has 0 radical (unpaired) electrons. The van der Waals surface area contributed by atoms with E-state index in [2.05, 4.69) is 10.6 Å². The predicted molar refractivity (Wildman–Crippen MR) is 112 cm³/mol. The number of halogens is 2. The summed E-state index contributed by atoms with van der Waals surface area (Å²) in [4.78, 5) is 24.9. The van der Waals surface area contributed by atoms with E-state index in [4.69, 9.17) is 11.6 Å². The molecule has 0 unspecified atom stereocenters. The van der Waals surface area contributed by atoms with E-state index in [-0.39, 0.29) is 21.5 Å². The minimum Gasteiger partial charge on any atom is -0.326 e. The maximum absolute atomic E-state index is 13.2. The monoisotopic (exact) mass is 456 g/mol. The third-order valence-electron chi connectivity index (χ3n) is 4.28. The van der Waals surface area contributed by atoms with E-state index in [1.54, 1.807) is 6.07 Å². The summed E-state index contributed by atoms with van der Waals surface area (Å²) in [5.74, 6) is -1.99. The Morgan fingerprint density at radius 1 is 1.31 bits per heavy atom. The number of nitrogens with one attached hydrogen (secondary N) is 2. The van der Waals surface area contributed by atoms with Gasteiger partial charge in [-0.25, -0.2) is 12.8 Å². The SMILES string of the molecule is C[C@@H](CS(=O)(=O)c1ccc2c(c1)NC(=O)CCS2)C(=O)Nc1ccc(F)c(Cl)c1. The molecule has 2 aromatic rings. The first kappa shape index (κ1) is 21.6. The number of hydrogen-bond donors (Lipinski definition) is 2. The average Bonchev–Trinajstić information content (AvgIpc) is 2.84. The van der Waals surface area contributed by atoms with Gasteiger partial charge >= 0.3 is 0 Å². The van der Waals surface area contributed by atoms with Crippen LogP contribution in [0, 0.1) is 11.7 Å². The van der Waals surface area contributed by atoms with Crippen molar-refractivity contribution in [2.45, 2.75) is 23.1 Å². The highest BCUT2D eigenvalue weighted by Gasteiger charge is 2.25. The van der Waals surface area contributed by atoms with Crippen LogP contribution in [-0.4, -0.2) is 31.7 Å². The van der Waals surface area contributed by atoms with Crippen molar-refractivity contribution in [1.82, 2.24) is 0 Å². The molecule has 2 amide bonds. The van der Waals surface area contributed by atoms with Gasteiger partial charge < -0.3 is 10.6 Å². The van der Waals surface area contributed by atoms with Crippen LogP contribution in [0.5, 0.6) is 0 Å². The van der Waals surface area contributed by atoms with Gasteiger partial charge in [-0.3, -0.25) is 9.59 Å². The van der Waals surface area contributed by atoms with E-state index in [1.807, 2.05) is 0 Å². The van der Waals surface area contributed by atoms with Crippen molar-refractivity contribution in [3.8, 4) is 0 Å². The smallest absolute Gasteiger partial charge is 0.228 e. The summed E-state index contributed by atoms with van der Waals surface area (Å²) in [5.41, 5.74) is 0.729. The van der Waals surface area contributed by atoms with Gasteiger partial charge in [-0.2, -0.15) is 0 Å². The molecule has 6 nitrogen and oxygen atoms in total. The van der Waals surface area contributed by atoms with E-state index >= 15 is 0 Å². The predicted octanol–water partition coefficient (Wildman–Crippen LogP) is 3.96. The van der Waals surface area contributed by atoms with Gasteiger partial charge in [0.05, 0.1) is 21.4 Å². The van der Waals surface area contributed by atoms with Crippen LogP contribution in [-0.2, 0) is 19.4 Å². The molecule has 3 rings (SSSR count).